The first-order valence-corrected chi connectivity index (χ1v) is 11.8. The van der Waals surface area contributed by atoms with Crippen LogP contribution < -0.4 is 10.2 Å². The molecule has 2 saturated heterocycles. The molecule has 186 valence electrons. The van der Waals surface area contributed by atoms with Crippen LogP contribution in [0, 0.1) is 5.92 Å². The van der Waals surface area contributed by atoms with Crippen molar-refractivity contribution in [3.8, 4) is 0 Å². The predicted octanol–water partition coefficient (Wildman–Crippen LogP) is 3.24. The van der Waals surface area contributed by atoms with Crippen molar-refractivity contribution in [3.63, 3.8) is 0 Å². The first-order chi connectivity index (χ1) is 15.5. The third-order valence-corrected chi connectivity index (χ3v) is 7.15. The number of likely N-dealkylation sites (tertiary alicyclic amines) is 1. The quantitative estimate of drug-likeness (QED) is 0.684. The summed E-state index contributed by atoms with van der Waals surface area (Å²) in [4.78, 5) is 26.5. The van der Waals surface area contributed by atoms with Gasteiger partial charge in [-0.3, -0.25) is 4.79 Å². The van der Waals surface area contributed by atoms with Gasteiger partial charge in [0.05, 0.1) is 12.3 Å². The van der Waals surface area contributed by atoms with Crippen LogP contribution in [-0.4, -0.2) is 67.7 Å². The Morgan fingerprint density at radius 2 is 2.06 bits per heavy atom. The van der Waals surface area contributed by atoms with Crippen molar-refractivity contribution < 1.29 is 9.53 Å². The summed E-state index contributed by atoms with van der Waals surface area (Å²) in [6.45, 7) is 4.22. The lowest BCUT2D eigenvalue weighted by Crippen LogP contribution is -2.49. The number of anilines is 1. The number of fused-ring (bicyclic) bond motifs is 2. The van der Waals surface area contributed by atoms with E-state index in [4.69, 9.17) is 9.72 Å². The van der Waals surface area contributed by atoms with Crippen molar-refractivity contribution in [1.29, 1.82) is 0 Å². The van der Waals surface area contributed by atoms with Gasteiger partial charge in [-0.05, 0) is 74.4 Å². The Morgan fingerprint density at radius 1 is 1.26 bits per heavy atom. The number of hydrogen-bond acceptors (Lipinski definition) is 6. The molecule has 0 saturated carbocycles. The van der Waals surface area contributed by atoms with E-state index in [2.05, 4.69) is 22.4 Å². The second-order valence-corrected chi connectivity index (χ2v) is 9.59. The van der Waals surface area contributed by atoms with E-state index in [1.54, 1.807) is 0 Å². The van der Waals surface area contributed by atoms with Gasteiger partial charge in [0.25, 0.3) is 5.91 Å². The third kappa shape index (κ3) is 5.33. The molecule has 1 amide bonds. The van der Waals surface area contributed by atoms with Crippen molar-refractivity contribution in [2.75, 3.05) is 51.8 Å². The molecule has 1 spiro atoms. The van der Waals surface area contributed by atoms with Gasteiger partial charge >= 0.3 is 0 Å². The summed E-state index contributed by atoms with van der Waals surface area (Å²) in [5.41, 5.74) is 3.84. The Morgan fingerprint density at radius 3 is 2.76 bits per heavy atom. The number of aromatic nitrogens is 2. The van der Waals surface area contributed by atoms with Crippen molar-refractivity contribution in [2.45, 2.75) is 37.7 Å². The number of ether oxygens (including phenoxy) is 1. The molecule has 0 aliphatic carbocycles. The van der Waals surface area contributed by atoms with Crippen molar-refractivity contribution in [2.24, 2.45) is 5.92 Å². The zero-order valence-corrected chi connectivity index (χ0v) is 21.6. The van der Waals surface area contributed by atoms with Crippen LogP contribution in [0.1, 0.15) is 46.4 Å². The fourth-order valence-electron chi connectivity index (χ4n) is 5.30. The van der Waals surface area contributed by atoms with Gasteiger partial charge in [0.1, 0.15) is 5.60 Å². The van der Waals surface area contributed by atoms with E-state index in [1.807, 2.05) is 42.2 Å². The summed E-state index contributed by atoms with van der Waals surface area (Å²) in [5, 5.41) is 3.43. The lowest BCUT2D eigenvalue weighted by molar-refractivity contribution is -0.0967. The number of benzene rings is 1. The minimum atomic E-state index is -0.407. The lowest BCUT2D eigenvalue weighted by Gasteiger charge is -2.44. The van der Waals surface area contributed by atoms with E-state index in [9.17, 15) is 4.79 Å². The second kappa shape index (κ2) is 11.2. The molecule has 0 radical (unpaired) electrons. The van der Waals surface area contributed by atoms with Crippen LogP contribution in [0.2, 0.25) is 0 Å². The molecular formula is C25H35Cl2N5O2. The van der Waals surface area contributed by atoms with Crippen LogP contribution in [0.3, 0.4) is 0 Å². The summed E-state index contributed by atoms with van der Waals surface area (Å²) in [5.74, 6) is 1.51. The van der Waals surface area contributed by atoms with Crippen molar-refractivity contribution in [1.82, 2.24) is 20.2 Å². The average molecular weight is 508 g/mol. The van der Waals surface area contributed by atoms with Gasteiger partial charge in [0.15, 0.2) is 0 Å². The zero-order chi connectivity index (χ0) is 22.1. The number of amides is 1. The van der Waals surface area contributed by atoms with Gasteiger partial charge in [-0.2, -0.15) is 0 Å². The average Bonchev–Trinajstić information content (AvgIpc) is 3.32. The van der Waals surface area contributed by atoms with E-state index in [0.29, 0.717) is 31.6 Å². The number of hydrogen-bond donors (Lipinski definition) is 1. The standard InChI is InChI=1S/C25H33N5O2.2ClH/c1-29(2)24-27-17-21-7-13-32-25(22(21)28-24)8-11-30(12-9-25)23(31)20-5-3-4-18(15-20)14-19-6-10-26-16-19;;/h3-5,15,17,19,26H,6-14,16H2,1-2H3;2*1H. The molecule has 1 unspecified atom stereocenters. The van der Waals surface area contributed by atoms with Gasteiger partial charge in [-0.1, -0.05) is 12.1 Å². The molecule has 3 aliphatic rings. The van der Waals surface area contributed by atoms with Crippen LogP contribution in [0.5, 0.6) is 0 Å². The van der Waals surface area contributed by atoms with Crippen LogP contribution in [0.4, 0.5) is 5.95 Å². The van der Waals surface area contributed by atoms with Gasteiger partial charge in [0, 0.05) is 38.9 Å². The zero-order valence-electron chi connectivity index (χ0n) is 20.0. The number of piperidine rings is 1. The largest absolute Gasteiger partial charge is 0.368 e. The molecule has 7 nitrogen and oxygen atoms in total. The SMILES string of the molecule is CN(C)c1ncc2c(n1)C1(CCN(C(=O)c3cccc(CC4CCNC4)c3)CC1)OCC2.Cl.Cl. The number of carbonyl (C=O) groups excluding carboxylic acids is 1. The second-order valence-electron chi connectivity index (χ2n) is 9.59. The normalized spacial score (nSPS) is 20.8. The van der Waals surface area contributed by atoms with Crippen LogP contribution in [0.25, 0.3) is 0 Å². The van der Waals surface area contributed by atoms with Crippen LogP contribution in [0.15, 0.2) is 30.5 Å². The lowest BCUT2D eigenvalue weighted by atomic mass is 9.83. The summed E-state index contributed by atoms with van der Waals surface area (Å²) in [6.07, 6.45) is 6.58. The monoisotopic (exact) mass is 507 g/mol. The number of carbonyl (C=O) groups is 1. The van der Waals surface area contributed by atoms with E-state index in [-0.39, 0.29) is 30.7 Å². The Balaban J connectivity index is 0.00000162. The highest BCUT2D eigenvalue weighted by atomic mass is 35.5. The molecule has 1 atom stereocenters. The first kappa shape index (κ1) is 26.7. The van der Waals surface area contributed by atoms with E-state index in [0.717, 1.165) is 50.0 Å². The summed E-state index contributed by atoms with van der Waals surface area (Å²) >= 11 is 0. The van der Waals surface area contributed by atoms with Crippen molar-refractivity contribution in [3.05, 3.63) is 52.8 Å². The highest BCUT2D eigenvalue weighted by molar-refractivity contribution is 5.94. The van der Waals surface area contributed by atoms with Crippen molar-refractivity contribution >= 4 is 36.7 Å². The Hall–Kier alpha value is -1.93. The van der Waals surface area contributed by atoms with E-state index >= 15 is 0 Å². The molecule has 9 heteroatoms. The first-order valence-electron chi connectivity index (χ1n) is 11.8. The molecule has 2 aromatic rings. The van der Waals surface area contributed by atoms with E-state index in [1.165, 1.54) is 17.5 Å². The Bertz CT molecular complexity index is 989. The van der Waals surface area contributed by atoms with Gasteiger partial charge < -0.3 is 19.9 Å². The molecule has 3 aliphatic heterocycles. The molecular weight excluding hydrogens is 473 g/mol. The van der Waals surface area contributed by atoms with Gasteiger partial charge in [-0.15, -0.1) is 24.8 Å². The molecule has 1 aromatic heterocycles. The van der Waals surface area contributed by atoms with E-state index < -0.39 is 5.60 Å². The minimum absolute atomic E-state index is 0. The molecule has 1 N–H and O–H groups in total. The third-order valence-electron chi connectivity index (χ3n) is 7.15. The molecule has 1 aromatic carbocycles. The highest BCUT2D eigenvalue weighted by Gasteiger charge is 2.43. The number of nitrogens with zero attached hydrogens (tertiary/aromatic N) is 4. The Labute approximate surface area is 214 Å². The highest BCUT2D eigenvalue weighted by Crippen LogP contribution is 2.41. The fraction of sp³-hybridized carbons (Fsp3) is 0.560. The number of halogens is 2. The topological polar surface area (TPSA) is 70.6 Å². The molecule has 0 bridgehead atoms. The summed E-state index contributed by atoms with van der Waals surface area (Å²) in [6, 6.07) is 8.21. The molecule has 2 fully saturated rings. The summed E-state index contributed by atoms with van der Waals surface area (Å²) < 4.78 is 6.34. The Kier molecular flexibility index (Phi) is 8.79. The maximum Gasteiger partial charge on any atom is 0.253 e. The fourth-order valence-corrected chi connectivity index (χ4v) is 5.30. The number of nitrogens with one attached hydrogen (secondary N) is 1. The molecule has 4 heterocycles. The van der Waals surface area contributed by atoms with Crippen LogP contribution in [-0.2, 0) is 23.2 Å². The maximum atomic E-state index is 13.3. The van der Waals surface area contributed by atoms with Gasteiger partial charge in [-0.25, -0.2) is 9.97 Å². The molecule has 34 heavy (non-hydrogen) atoms. The smallest absolute Gasteiger partial charge is 0.253 e. The molecule has 5 rings (SSSR count). The summed E-state index contributed by atoms with van der Waals surface area (Å²) in [7, 11) is 3.91. The maximum absolute atomic E-state index is 13.3. The van der Waals surface area contributed by atoms with Gasteiger partial charge in [0.2, 0.25) is 5.95 Å². The number of rotatable bonds is 4. The van der Waals surface area contributed by atoms with Crippen LogP contribution >= 0.6 is 24.8 Å². The predicted molar refractivity (Wildman–Crippen MR) is 138 cm³/mol. The minimum Gasteiger partial charge on any atom is -0.368 e.